The van der Waals surface area contributed by atoms with Crippen LogP contribution in [0.5, 0.6) is 0 Å². The van der Waals surface area contributed by atoms with Crippen molar-refractivity contribution >= 4 is 5.91 Å². The van der Waals surface area contributed by atoms with Crippen molar-refractivity contribution in [3.63, 3.8) is 0 Å². The molecule has 0 saturated heterocycles. The van der Waals surface area contributed by atoms with Crippen LogP contribution in [0.1, 0.15) is 66.7 Å². The molecule has 2 N–H and O–H groups in total. The molecule has 0 aliphatic heterocycles. The smallest absolute Gasteiger partial charge is 0.221 e. The first-order valence-corrected chi connectivity index (χ1v) is 7.22. The van der Waals surface area contributed by atoms with E-state index in [2.05, 4.69) is 24.5 Å². The summed E-state index contributed by atoms with van der Waals surface area (Å²) in [6.45, 7) is 11.5. The van der Waals surface area contributed by atoms with Gasteiger partial charge in [-0.25, -0.2) is 0 Å². The van der Waals surface area contributed by atoms with Gasteiger partial charge in [0.2, 0.25) is 5.91 Å². The lowest BCUT2D eigenvalue weighted by atomic mass is 9.75. The molecule has 0 spiro atoms. The molecule has 0 radical (unpaired) electrons. The van der Waals surface area contributed by atoms with Crippen LogP contribution in [-0.2, 0) is 4.79 Å². The lowest BCUT2D eigenvalue weighted by Crippen LogP contribution is -2.43. The summed E-state index contributed by atoms with van der Waals surface area (Å²) in [4.78, 5) is 11.7. The molecule has 0 aromatic rings. The number of carbonyl (C=O) groups is 1. The Labute approximate surface area is 112 Å². The van der Waals surface area contributed by atoms with Crippen molar-refractivity contribution in [1.82, 2.24) is 10.6 Å². The van der Waals surface area contributed by atoms with Crippen molar-refractivity contribution in [3.05, 3.63) is 0 Å². The Hall–Kier alpha value is -0.570. The van der Waals surface area contributed by atoms with Crippen LogP contribution in [0, 0.1) is 5.41 Å². The first kappa shape index (κ1) is 15.5. The van der Waals surface area contributed by atoms with E-state index >= 15 is 0 Å². The van der Waals surface area contributed by atoms with Crippen LogP contribution in [-0.4, -0.2) is 24.0 Å². The Morgan fingerprint density at radius 3 is 2.28 bits per heavy atom. The van der Waals surface area contributed by atoms with Crippen molar-refractivity contribution in [3.8, 4) is 0 Å². The number of hydrogen-bond acceptors (Lipinski definition) is 2. The van der Waals surface area contributed by atoms with Crippen LogP contribution < -0.4 is 10.6 Å². The van der Waals surface area contributed by atoms with Crippen molar-refractivity contribution in [1.29, 1.82) is 0 Å². The quantitative estimate of drug-likeness (QED) is 0.810. The molecule has 0 bridgehead atoms. The van der Waals surface area contributed by atoms with Gasteiger partial charge < -0.3 is 10.6 Å². The molecule has 1 aliphatic carbocycles. The van der Waals surface area contributed by atoms with E-state index in [1.165, 1.54) is 25.7 Å². The SMILES string of the molecule is CC1(C)CCC(NCCC(=O)NC(C)(C)C)CC1. The topological polar surface area (TPSA) is 41.1 Å². The van der Waals surface area contributed by atoms with Crippen LogP contribution in [0.2, 0.25) is 0 Å². The summed E-state index contributed by atoms with van der Waals surface area (Å²) >= 11 is 0. The van der Waals surface area contributed by atoms with E-state index in [1.54, 1.807) is 0 Å². The van der Waals surface area contributed by atoms with Gasteiger partial charge in [0, 0.05) is 24.5 Å². The average molecular weight is 254 g/mol. The number of hydrogen-bond donors (Lipinski definition) is 2. The highest BCUT2D eigenvalue weighted by Gasteiger charge is 2.26. The maximum absolute atomic E-state index is 11.7. The zero-order valence-corrected chi connectivity index (χ0v) is 12.7. The molecule has 18 heavy (non-hydrogen) atoms. The second kappa shape index (κ2) is 6.05. The third-order valence-corrected chi connectivity index (χ3v) is 3.64. The van der Waals surface area contributed by atoms with Crippen LogP contribution in [0.4, 0.5) is 0 Å². The Balaban J connectivity index is 2.14. The fourth-order valence-electron chi connectivity index (χ4n) is 2.47. The minimum Gasteiger partial charge on any atom is -0.351 e. The van der Waals surface area contributed by atoms with Crippen molar-refractivity contribution < 1.29 is 4.79 Å². The number of carbonyl (C=O) groups excluding carboxylic acids is 1. The van der Waals surface area contributed by atoms with Crippen LogP contribution in [0.15, 0.2) is 0 Å². The van der Waals surface area contributed by atoms with E-state index in [0.29, 0.717) is 17.9 Å². The summed E-state index contributed by atoms with van der Waals surface area (Å²) < 4.78 is 0. The van der Waals surface area contributed by atoms with Gasteiger partial charge in [-0.2, -0.15) is 0 Å². The Kier molecular flexibility index (Phi) is 5.20. The van der Waals surface area contributed by atoms with Gasteiger partial charge in [-0.1, -0.05) is 13.8 Å². The molecule has 3 heteroatoms. The molecular weight excluding hydrogens is 224 g/mol. The number of nitrogens with one attached hydrogen (secondary N) is 2. The molecule has 0 aromatic carbocycles. The summed E-state index contributed by atoms with van der Waals surface area (Å²) in [6.07, 6.45) is 5.65. The van der Waals surface area contributed by atoms with Crippen molar-refractivity contribution in [2.45, 2.75) is 78.3 Å². The predicted octanol–water partition coefficient (Wildman–Crippen LogP) is 2.85. The fraction of sp³-hybridized carbons (Fsp3) is 0.933. The van der Waals surface area contributed by atoms with Crippen LogP contribution >= 0.6 is 0 Å². The third kappa shape index (κ3) is 6.39. The molecule has 0 heterocycles. The van der Waals surface area contributed by atoms with E-state index < -0.39 is 0 Å². The van der Waals surface area contributed by atoms with E-state index in [-0.39, 0.29) is 11.4 Å². The first-order valence-electron chi connectivity index (χ1n) is 7.22. The molecule has 0 atom stereocenters. The molecule has 1 rings (SSSR count). The summed E-state index contributed by atoms with van der Waals surface area (Å²) in [5.41, 5.74) is 0.397. The molecule has 0 unspecified atom stereocenters. The van der Waals surface area contributed by atoms with Gasteiger partial charge in [0.05, 0.1) is 0 Å². The summed E-state index contributed by atoms with van der Waals surface area (Å²) in [5, 5.41) is 6.51. The maximum atomic E-state index is 11.7. The average Bonchev–Trinajstić information content (AvgIpc) is 2.18. The van der Waals surface area contributed by atoms with Gasteiger partial charge in [0.1, 0.15) is 0 Å². The number of amides is 1. The lowest BCUT2D eigenvalue weighted by Gasteiger charge is -2.34. The van der Waals surface area contributed by atoms with Gasteiger partial charge in [0.15, 0.2) is 0 Å². The zero-order valence-electron chi connectivity index (χ0n) is 12.7. The largest absolute Gasteiger partial charge is 0.351 e. The molecular formula is C15H30N2O. The van der Waals surface area contributed by atoms with Crippen molar-refractivity contribution in [2.24, 2.45) is 5.41 Å². The molecule has 1 saturated carbocycles. The second-order valence-electron chi connectivity index (χ2n) is 7.44. The molecule has 1 fully saturated rings. The minimum atomic E-state index is -0.119. The van der Waals surface area contributed by atoms with Gasteiger partial charge in [-0.3, -0.25) is 4.79 Å². The Bertz CT molecular complexity index is 269. The van der Waals surface area contributed by atoms with Gasteiger partial charge in [-0.05, 0) is 51.9 Å². The van der Waals surface area contributed by atoms with E-state index in [0.717, 1.165) is 6.54 Å². The maximum Gasteiger partial charge on any atom is 0.221 e. The minimum absolute atomic E-state index is 0.119. The molecule has 0 aromatic heterocycles. The van der Waals surface area contributed by atoms with Crippen molar-refractivity contribution in [2.75, 3.05) is 6.54 Å². The highest BCUT2D eigenvalue weighted by molar-refractivity contribution is 5.76. The zero-order chi connectivity index (χ0) is 13.8. The first-order chi connectivity index (χ1) is 8.18. The Morgan fingerprint density at radius 1 is 1.22 bits per heavy atom. The second-order valence-corrected chi connectivity index (χ2v) is 7.44. The van der Waals surface area contributed by atoms with Gasteiger partial charge in [-0.15, -0.1) is 0 Å². The molecule has 3 nitrogen and oxygen atoms in total. The Morgan fingerprint density at radius 2 is 1.78 bits per heavy atom. The summed E-state index contributed by atoms with van der Waals surface area (Å²) in [5.74, 6) is 0.145. The highest BCUT2D eigenvalue weighted by Crippen LogP contribution is 2.34. The number of rotatable bonds is 4. The van der Waals surface area contributed by atoms with Gasteiger partial charge >= 0.3 is 0 Å². The highest BCUT2D eigenvalue weighted by atomic mass is 16.1. The van der Waals surface area contributed by atoms with Gasteiger partial charge in [0.25, 0.3) is 0 Å². The monoisotopic (exact) mass is 254 g/mol. The third-order valence-electron chi connectivity index (χ3n) is 3.64. The molecule has 106 valence electrons. The molecule has 1 aliphatic rings. The van der Waals surface area contributed by atoms with E-state index in [1.807, 2.05) is 20.8 Å². The van der Waals surface area contributed by atoms with Crippen LogP contribution in [0.3, 0.4) is 0 Å². The predicted molar refractivity (Wildman–Crippen MR) is 76.6 cm³/mol. The van der Waals surface area contributed by atoms with E-state index in [9.17, 15) is 4.79 Å². The van der Waals surface area contributed by atoms with Crippen LogP contribution in [0.25, 0.3) is 0 Å². The fourth-order valence-corrected chi connectivity index (χ4v) is 2.47. The summed E-state index contributed by atoms with van der Waals surface area (Å²) in [7, 11) is 0. The molecule has 1 amide bonds. The van der Waals surface area contributed by atoms with E-state index in [4.69, 9.17) is 0 Å². The lowest BCUT2D eigenvalue weighted by molar-refractivity contribution is -0.122. The normalized spacial score (nSPS) is 20.7. The standard InChI is InChI=1S/C15H30N2O/c1-14(2,3)17-13(18)8-11-16-12-6-9-15(4,5)10-7-12/h12,16H,6-11H2,1-5H3,(H,17,18). The summed E-state index contributed by atoms with van der Waals surface area (Å²) in [6, 6.07) is 0.612.